The van der Waals surface area contributed by atoms with Gasteiger partial charge in [0.1, 0.15) is 11.3 Å². The first kappa shape index (κ1) is 12.8. The molecule has 0 aliphatic heterocycles. The number of imidazole rings is 1. The molecule has 102 valence electrons. The lowest BCUT2D eigenvalue weighted by molar-refractivity contribution is 0.111. The molecule has 0 saturated carbocycles. The molecule has 0 saturated heterocycles. The zero-order valence-electron chi connectivity index (χ0n) is 10.9. The van der Waals surface area contributed by atoms with Crippen LogP contribution in [0.1, 0.15) is 21.1 Å². The zero-order valence-corrected chi connectivity index (χ0v) is 11.8. The third kappa shape index (κ3) is 2.30. The van der Waals surface area contributed by atoms with E-state index in [0.29, 0.717) is 23.8 Å². The van der Waals surface area contributed by atoms with Gasteiger partial charge in [-0.15, -0.1) is 11.3 Å². The number of hydrogen-bond donors (Lipinski definition) is 0. The molecule has 0 unspecified atom stereocenters. The minimum Gasteiger partial charge on any atom is -0.476 e. The van der Waals surface area contributed by atoms with Gasteiger partial charge in [-0.1, -0.05) is 6.07 Å². The molecule has 3 aromatic heterocycles. The Hall–Kier alpha value is -2.21. The SMILES string of the molecule is Cc1ncsc1CCOc1nc2ccccn2c1C=O. The molecule has 0 bridgehead atoms. The molecule has 3 heterocycles. The Morgan fingerprint density at radius 1 is 1.45 bits per heavy atom. The zero-order chi connectivity index (χ0) is 13.9. The normalized spacial score (nSPS) is 10.8. The van der Waals surface area contributed by atoms with Crippen molar-refractivity contribution in [3.8, 4) is 5.88 Å². The number of pyridine rings is 1. The van der Waals surface area contributed by atoms with E-state index in [1.54, 1.807) is 21.9 Å². The van der Waals surface area contributed by atoms with E-state index in [-0.39, 0.29) is 0 Å². The van der Waals surface area contributed by atoms with E-state index in [4.69, 9.17) is 4.74 Å². The van der Waals surface area contributed by atoms with Crippen LogP contribution in [0.5, 0.6) is 5.88 Å². The van der Waals surface area contributed by atoms with Crippen LogP contribution in [-0.2, 0) is 6.42 Å². The molecular weight excluding hydrogens is 274 g/mol. The monoisotopic (exact) mass is 287 g/mol. The van der Waals surface area contributed by atoms with Crippen molar-refractivity contribution >= 4 is 23.3 Å². The predicted molar refractivity (Wildman–Crippen MR) is 76.6 cm³/mol. The molecule has 6 heteroatoms. The van der Waals surface area contributed by atoms with E-state index in [0.717, 1.165) is 18.4 Å². The van der Waals surface area contributed by atoms with Crippen LogP contribution in [0, 0.1) is 6.92 Å². The van der Waals surface area contributed by atoms with Gasteiger partial charge in [0.25, 0.3) is 0 Å². The fraction of sp³-hybridized carbons (Fsp3) is 0.214. The smallest absolute Gasteiger partial charge is 0.243 e. The number of rotatable bonds is 5. The van der Waals surface area contributed by atoms with Gasteiger partial charge in [-0.05, 0) is 19.1 Å². The average molecular weight is 287 g/mol. The summed E-state index contributed by atoms with van der Waals surface area (Å²) in [5.74, 6) is 0.383. The van der Waals surface area contributed by atoms with Gasteiger partial charge in [0.2, 0.25) is 5.88 Å². The summed E-state index contributed by atoms with van der Waals surface area (Å²) in [7, 11) is 0. The van der Waals surface area contributed by atoms with Crippen LogP contribution >= 0.6 is 11.3 Å². The lowest BCUT2D eigenvalue weighted by Crippen LogP contribution is -2.03. The third-order valence-corrected chi connectivity index (χ3v) is 4.05. The number of thiazole rings is 1. The van der Waals surface area contributed by atoms with E-state index in [2.05, 4.69) is 9.97 Å². The second-order valence-corrected chi connectivity index (χ2v) is 5.25. The highest BCUT2D eigenvalue weighted by Gasteiger charge is 2.12. The molecule has 0 aliphatic carbocycles. The Balaban J connectivity index is 1.77. The number of aryl methyl sites for hydroxylation is 1. The Morgan fingerprint density at radius 2 is 2.35 bits per heavy atom. The average Bonchev–Trinajstić information content (AvgIpc) is 3.02. The summed E-state index contributed by atoms with van der Waals surface area (Å²) >= 11 is 1.61. The van der Waals surface area contributed by atoms with Crippen molar-refractivity contribution in [2.24, 2.45) is 0 Å². The van der Waals surface area contributed by atoms with Gasteiger partial charge in [0.15, 0.2) is 6.29 Å². The van der Waals surface area contributed by atoms with Gasteiger partial charge in [-0.2, -0.15) is 4.98 Å². The first-order chi connectivity index (χ1) is 9.79. The van der Waals surface area contributed by atoms with Gasteiger partial charge in [-0.25, -0.2) is 4.98 Å². The third-order valence-electron chi connectivity index (χ3n) is 3.06. The predicted octanol–water partition coefficient (Wildman–Crippen LogP) is 2.53. The first-order valence-corrected chi connectivity index (χ1v) is 7.11. The highest BCUT2D eigenvalue weighted by atomic mass is 32.1. The fourth-order valence-electron chi connectivity index (χ4n) is 2.01. The minimum atomic E-state index is 0.383. The molecule has 0 N–H and O–H groups in total. The Morgan fingerprint density at radius 3 is 3.10 bits per heavy atom. The summed E-state index contributed by atoms with van der Waals surface area (Å²) in [5.41, 5.74) is 4.01. The second kappa shape index (κ2) is 5.42. The lowest BCUT2D eigenvalue weighted by Gasteiger charge is -2.02. The van der Waals surface area contributed by atoms with Gasteiger partial charge in [0.05, 0.1) is 17.8 Å². The molecule has 5 nitrogen and oxygen atoms in total. The first-order valence-electron chi connectivity index (χ1n) is 6.23. The van der Waals surface area contributed by atoms with E-state index in [1.807, 2.05) is 30.6 Å². The summed E-state index contributed by atoms with van der Waals surface area (Å²) in [6.45, 7) is 2.46. The molecule has 0 atom stereocenters. The van der Waals surface area contributed by atoms with Crippen LogP contribution in [0.25, 0.3) is 5.65 Å². The van der Waals surface area contributed by atoms with Crippen LogP contribution in [0.3, 0.4) is 0 Å². The van der Waals surface area contributed by atoms with Crippen molar-refractivity contribution in [2.45, 2.75) is 13.3 Å². The number of carbonyl (C=O) groups excluding carboxylic acids is 1. The van der Waals surface area contributed by atoms with Crippen molar-refractivity contribution in [1.29, 1.82) is 0 Å². The second-order valence-electron chi connectivity index (χ2n) is 4.31. The van der Waals surface area contributed by atoms with Crippen molar-refractivity contribution in [3.05, 3.63) is 46.2 Å². The molecule has 0 aromatic carbocycles. The number of aldehydes is 1. The number of hydrogen-bond acceptors (Lipinski definition) is 5. The fourth-order valence-corrected chi connectivity index (χ4v) is 2.78. The van der Waals surface area contributed by atoms with Crippen molar-refractivity contribution < 1.29 is 9.53 Å². The van der Waals surface area contributed by atoms with Gasteiger partial charge < -0.3 is 4.74 Å². The Labute approximate surface area is 119 Å². The van der Waals surface area contributed by atoms with E-state index < -0.39 is 0 Å². The molecule has 0 amide bonds. The molecule has 0 fully saturated rings. The molecule has 3 aromatic rings. The van der Waals surface area contributed by atoms with E-state index in [1.165, 1.54) is 4.88 Å². The number of carbonyl (C=O) groups is 1. The molecule has 0 aliphatic rings. The summed E-state index contributed by atoms with van der Waals surface area (Å²) in [6.07, 6.45) is 3.34. The van der Waals surface area contributed by atoms with Crippen LogP contribution in [0.15, 0.2) is 29.9 Å². The van der Waals surface area contributed by atoms with Gasteiger partial charge in [-0.3, -0.25) is 9.20 Å². The molecular formula is C14H13N3O2S. The van der Waals surface area contributed by atoms with Crippen LogP contribution < -0.4 is 4.74 Å². The molecule has 0 radical (unpaired) electrons. The van der Waals surface area contributed by atoms with Crippen molar-refractivity contribution in [1.82, 2.24) is 14.4 Å². The summed E-state index contributed by atoms with van der Waals surface area (Å²) in [6, 6.07) is 5.57. The minimum absolute atomic E-state index is 0.383. The maximum absolute atomic E-state index is 11.2. The quantitative estimate of drug-likeness (QED) is 0.677. The van der Waals surface area contributed by atoms with Crippen molar-refractivity contribution in [3.63, 3.8) is 0 Å². The molecule has 0 spiro atoms. The number of ether oxygens (including phenoxy) is 1. The largest absolute Gasteiger partial charge is 0.476 e. The Kier molecular flexibility index (Phi) is 3.47. The Bertz CT molecular complexity index is 748. The maximum Gasteiger partial charge on any atom is 0.243 e. The van der Waals surface area contributed by atoms with Gasteiger partial charge >= 0.3 is 0 Å². The number of aromatic nitrogens is 3. The van der Waals surface area contributed by atoms with E-state index >= 15 is 0 Å². The van der Waals surface area contributed by atoms with E-state index in [9.17, 15) is 4.79 Å². The summed E-state index contributed by atoms with van der Waals surface area (Å²) < 4.78 is 7.38. The van der Waals surface area contributed by atoms with Crippen LogP contribution in [0.4, 0.5) is 0 Å². The maximum atomic E-state index is 11.2. The molecule has 3 rings (SSSR count). The summed E-state index contributed by atoms with van der Waals surface area (Å²) in [4.78, 5) is 20.9. The lowest BCUT2D eigenvalue weighted by atomic mass is 10.3. The summed E-state index contributed by atoms with van der Waals surface area (Å²) in [5, 5.41) is 0. The highest BCUT2D eigenvalue weighted by molar-refractivity contribution is 7.09. The van der Waals surface area contributed by atoms with Crippen LogP contribution in [-0.4, -0.2) is 27.3 Å². The topological polar surface area (TPSA) is 56.5 Å². The standard InChI is InChI=1S/C14H13N3O2S/c1-10-12(20-9-15-10)5-7-19-14-11(8-18)17-6-3-2-4-13(17)16-14/h2-4,6,8-9H,5,7H2,1H3. The van der Waals surface area contributed by atoms with Crippen molar-refractivity contribution in [2.75, 3.05) is 6.61 Å². The highest BCUT2D eigenvalue weighted by Crippen LogP contribution is 2.19. The molecule has 20 heavy (non-hydrogen) atoms. The van der Waals surface area contributed by atoms with Crippen LogP contribution in [0.2, 0.25) is 0 Å². The number of fused-ring (bicyclic) bond motifs is 1. The van der Waals surface area contributed by atoms with Gasteiger partial charge in [0, 0.05) is 17.5 Å². The number of nitrogens with zero attached hydrogens (tertiary/aromatic N) is 3.